The van der Waals surface area contributed by atoms with E-state index in [4.69, 9.17) is 0 Å². The Morgan fingerprint density at radius 3 is 2.59 bits per heavy atom. The van der Waals surface area contributed by atoms with Crippen LogP contribution in [0.2, 0.25) is 0 Å². The summed E-state index contributed by atoms with van der Waals surface area (Å²) in [6.45, 7) is -1.55. The summed E-state index contributed by atoms with van der Waals surface area (Å²) in [5.41, 5.74) is -0.147. The molecule has 0 unspecified atom stereocenters. The average molecular weight is 252 g/mol. The summed E-state index contributed by atoms with van der Waals surface area (Å²) < 4.78 is 59.4. The highest BCUT2D eigenvalue weighted by Crippen LogP contribution is 2.19. The molecule has 0 aliphatic rings. The third-order valence-electron chi connectivity index (χ3n) is 1.61. The van der Waals surface area contributed by atoms with Gasteiger partial charge < -0.3 is 4.84 Å². The Bertz CT molecular complexity index is 389. The molecule has 17 heavy (non-hydrogen) atoms. The Labute approximate surface area is 93.7 Å². The van der Waals surface area contributed by atoms with Gasteiger partial charge in [-0.3, -0.25) is 0 Å². The smallest absolute Gasteiger partial charge is 0.386 e. The third-order valence-corrected chi connectivity index (χ3v) is 1.61. The molecule has 0 aliphatic heterocycles. The number of nitrogens with zero attached hydrogens (tertiary/aromatic N) is 1. The van der Waals surface area contributed by atoms with Crippen LogP contribution in [0.25, 0.3) is 0 Å². The molecule has 1 aromatic rings. The maximum Gasteiger partial charge on any atom is 0.425 e. The molecule has 0 saturated heterocycles. The molecule has 0 atom stereocenters. The molecule has 0 N–H and O–H groups in total. The molecule has 2 nitrogen and oxygen atoms in total. The van der Waals surface area contributed by atoms with Gasteiger partial charge in [-0.05, 0) is 6.07 Å². The molecule has 0 bridgehead atoms. The van der Waals surface area contributed by atoms with E-state index in [-0.39, 0.29) is 11.1 Å². The fourth-order valence-corrected chi connectivity index (χ4v) is 0.934. The molecule has 1 aromatic carbocycles. The van der Waals surface area contributed by atoms with Crippen LogP contribution in [0.5, 0.6) is 0 Å². The molecule has 93 valence electrons. The summed E-state index contributed by atoms with van der Waals surface area (Å²) in [7, 11) is 0. The van der Waals surface area contributed by atoms with Crippen LogP contribution in [0.15, 0.2) is 29.4 Å². The highest BCUT2D eigenvalue weighted by molar-refractivity contribution is 5.79. The molecule has 0 fully saturated rings. The van der Waals surface area contributed by atoms with Crippen molar-refractivity contribution in [2.24, 2.45) is 5.16 Å². The molecule has 0 heterocycles. The van der Waals surface area contributed by atoms with Crippen molar-refractivity contribution in [3.05, 3.63) is 35.4 Å². The Morgan fingerprint density at radius 1 is 1.29 bits per heavy atom. The lowest BCUT2D eigenvalue weighted by atomic mass is 10.1. The highest BCUT2D eigenvalue weighted by Gasteiger charge is 2.28. The van der Waals surface area contributed by atoms with E-state index >= 15 is 0 Å². The Morgan fingerprint density at radius 2 is 2.00 bits per heavy atom. The molecule has 0 saturated carbocycles. The SMILES string of the molecule is FC(F)c1cccc(/[C]=N\OCC(F)(F)F)c1. The lowest BCUT2D eigenvalue weighted by Gasteiger charge is -2.03. The van der Waals surface area contributed by atoms with Crippen LogP contribution < -0.4 is 0 Å². The van der Waals surface area contributed by atoms with Crippen molar-refractivity contribution in [1.82, 2.24) is 0 Å². The summed E-state index contributed by atoms with van der Waals surface area (Å²) in [6.07, 6.45) is -5.07. The lowest BCUT2D eigenvalue weighted by molar-refractivity contribution is -0.173. The minimum absolute atomic E-state index is 0.116. The van der Waals surface area contributed by atoms with Crippen molar-refractivity contribution < 1.29 is 26.8 Å². The Kier molecular flexibility index (Phi) is 4.42. The molecular formula is C10H7F5NO. The first-order valence-electron chi connectivity index (χ1n) is 4.41. The quantitative estimate of drug-likeness (QED) is 0.457. The van der Waals surface area contributed by atoms with Crippen LogP contribution in [0.4, 0.5) is 22.0 Å². The van der Waals surface area contributed by atoms with Gasteiger partial charge in [0.15, 0.2) is 0 Å². The molecule has 0 aliphatic carbocycles. The van der Waals surface area contributed by atoms with Crippen LogP contribution in [0, 0.1) is 0 Å². The fourth-order valence-electron chi connectivity index (χ4n) is 0.934. The summed E-state index contributed by atoms with van der Waals surface area (Å²) in [5.74, 6) is 0. The second-order valence-corrected chi connectivity index (χ2v) is 3.02. The van der Waals surface area contributed by atoms with Gasteiger partial charge in [0.2, 0.25) is 6.61 Å². The zero-order chi connectivity index (χ0) is 12.9. The molecule has 0 spiro atoms. The minimum atomic E-state index is -4.49. The lowest BCUT2D eigenvalue weighted by Crippen LogP contribution is -2.14. The Balaban J connectivity index is 2.56. The largest absolute Gasteiger partial charge is 0.425 e. The predicted molar refractivity (Wildman–Crippen MR) is 49.9 cm³/mol. The van der Waals surface area contributed by atoms with Crippen molar-refractivity contribution in [2.75, 3.05) is 6.61 Å². The second-order valence-electron chi connectivity index (χ2n) is 3.02. The number of hydrogen-bond acceptors (Lipinski definition) is 2. The van der Waals surface area contributed by atoms with E-state index in [2.05, 4.69) is 16.2 Å². The Hall–Kier alpha value is -1.66. The van der Waals surface area contributed by atoms with Crippen molar-refractivity contribution in [1.29, 1.82) is 0 Å². The first-order chi connectivity index (χ1) is 7.88. The molecular weight excluding hydrogens is 245 g/mol. The van der Waals surface area contributed by atoms with Crippen LogP contribution >= 0.6 is 0 Å². The van der Waals surface area contributed by atoms with Crippen LogP contribution in [0.1, 0.15) is 17.6 Å². The van der Waals surface area contributed by atoms with Gasteiger partial charge in [0.05, 0.1) is 0 Å². The van der Waals surface area contributed by atoms with Gasteiger partial charge in [-0.15, -0.1) is 0 Å². The fraction of sp³-hybridized carbons (Fsp3) is 0.300. The zero-order valence-corrected chi connectivity index (χ0v) is 8.34. The summed E-state index contributed by atoms with van der Waals surface area (Å²) in [4.78, 5) is 3.90. The molecule has 1 rings (SSSR count). The second kappa shape index (κ2) is 5.60. The topological polar surface area (TPSA) is 21.6 Å². The van der Waals surface area contributed by atoms with Gasteiger partial charge >= 0.3 is 6.18 Å². The summed E-state index contributed by atoms with van der Waals surface area (Å²) >= 11 is 0. The number of halogens is 5. The van der Waals surface area contributed by atoms with Crippen molar-refractivity contribution in [3.63, 3.8) is 0 Å². The van der Waals surface area contributed by atoms with Gasteiger partial charge in [-0.1, -0.05) is 23.4 Å². The van der Waals surface area contributed by atoms with Gasteiger partial charge in [0.25, 0.3) is 6.43 Å². The first kappa shape index (κ1) is 13.4. The molecule has 0 aromatic heterocycles. The van der Waals surface area contributed by atoms with E-state index in [1.807, 2.05) is 0 Å². The summed E-state index contributed by atoms with van der Waals surface area (Å²) in [6, 6.07) is 4.94. The number of benzene rings is 1. The van der Waals surface area contributed by atoms with Crippen LogP contribution in [-0.4, -0.2) is 19.0 Å². The van der Waals surface area contributed by atoms with Crippen molar-refractivity contribution in [2.45, 2.75) is 12.6 Å². The van der Waals surface area contributed by atoms with Gasteiger partial charge in [0.1, 0.15) is 6.21 Å². The zero-order valence-electron chi connectivity index (χ0n) is 8.34. The monoisotopic (exact) mass is 252 g/mol. The standard InChI is InChI=1S/C10H7F5NO/c11-9(12)8-3-1-2-7(4-8)5-16-17-6-10(13,14)15/h1-4,9H,6H2. The number of alkyl halides is 5. The first-order valence-corrected chi connectivity index (χ1v) is 4.41. The van der Waals surface area contributed by atoms with E-state index in [0.717, 1.165) is 6.07 Å². The normalized spacial score (nSPS) is 12.4. The van der Waals surface area contributed by atoms with E-state index in [9.17, 15) is 22.0 Å². The van der Waals surface area contributed by atoms with Crippen LogP contribution in [0.3, 0.4) is 0 Å². The highest BCUT2D eigenvalue weighted by atomic mass is 19.4. The molecule has 7 heteroatoms. The maximum atomic E-state index is 12.3. The van der Waals surface area contributed by atoms with Crippen molar-refractivity contribution in [3.8, 4) is 0 Å². The molecule has 1 radical (unpaired) electrons. The minimum Gasteiger partial charge on any atom is -0.386 e. The molecule has 0 amide bonds. The third kappa shape index (κ3) is 5.28. The maximum absolute atomic E-state index is 12.3. The number of rotatable bonds is 4. The van der Waals surface area contributed by atoms with E-state index in [0.29, 0.717) is 0 Å². The van der Waals surface area contributed by atoms with Gasteiger partial charge in [-0.2, -0.15) is 13.2 Å². The number of hydrogen-bond donors (Lipinski definition) is 0. The van der Waals surface area contributed by atoms with E-state index < -0.39 is 19.2 Å². The van der Waals surface area contributed by atoms with Crippen molar-refractivity contribution >= 4 is 6.21 Å². The van der Waals surface area contributed by atoms with Gasteiger partial charge in [0, 0.05) is 11.1 Å². The predicted octanol–water partition coefficient (Wildman–Crippen LogP) is 3.41. The van der Waals surface area contributed by atoms with Gasteiger partial charge in [-0.25, -0.2) is 8.78 Å². The van der Waals surface area contributed by atoms with E-state index in [1.165, 1.54) is 18.2 Å². The average Bonchev–Trinajstić information content (AvgIpc) is 2.23. The van der Waals surface area contributed by atoms with E-state index in [1.54, 1.807) is 0 Å². The summed E-state index contributed by atoms with van der Waals surface area (Å²) in [5, 5.41) is 2.91. The van der Waals surface area contributed by atoms with Crippen LogP contribution in [-0.2, 0) is 4.84 Å².